The quantitative estimate of drug-likeness (QED) is 0.201. The number of hydrogen-bond donors (Lipinski definition) is 3. The average molecular weight is 729 g/mol. The van der Waals surface area contributed by atoms with Crippen molar-refractivity contribution >= 4 is 40.7 Å². The number of benzene rings is 1. The molecule has 52 heavy (non-hydrogen) atoms. The molecule has 0 bridgehead atoms. The van der Waals surface area contributed by atoms with E-state index in [-0.39, 0.29) is 72.6 Å². The van der Waals surface area contributed by atoms with E-state index in [1.54, 1.807) is 25.1 Å². The van der Waals surface area contributed by atoms with Gasteiger partial charge in [0, 0.05) is 23.9 Å². The minimum Gasteiger partial charge on any atom is -0.497 e. The minimum atomic E-state index is -1.31. The number of alkyl carbamates (subject to hydrolysis) is 1. The Morgan fingerprint density at radius 2 is 1.85 bits per heavy atom. The number of rotatable bonds is 8. The zero-order valence-electron chi connectivity index (χ0n) is 30.0. The van der Waals surface area contributed by atoms with Crippen molar-refractivity contribution in [2.75, 3.05) is 20.3 Å². The van der Waals surface area contributed by atoms with Crippen molar-refractivity contribution in [3.05, 3.63) is 42.1 Å². The maximum atomic E-state index is 14.4. The number of methoxy groups -OCH3 is 1. The van der Waals surface area contributed by atoms with E-state index < -0.39 is 53.6 Å². The fourth-order valence-electron chi connectivity index (χ4n) is 7.30. The zero-order valence-corrected chi connectivity index (χ0v) is 32.0. The molecule has 3 amide bonds. The fraction of sp³-hybridized carbons (Fsp3) is 0.568. The van der Waals surface area contributed by atoms with Gasteiger partial charge in [-0.05, 0) is 57.6 Å². The van der Waals surface area contributed by atoms with Gasteiger partial charge in [0.1, 0.15) is 41.3 Å². The number of pyridine rings is 1. The Hall–Kier alpha value is -3.88. The van der Waals surface area contributed by atoms with E-state index in [9.17, 15) is 29.1 Å². The second kappa shape index (κ2) is 17.3. The van der Waals surface area contributed by atoms with Crippen molar-refractivity contribution in [1.82, 2.24) is 20.5 Å². The van der Waals surface area contributed by atoms with Crippen LogP contribution in [-0.2, 0) is 23.9 Å². The summed E-state index contributed by atoms with van der Waals surface area (Å²) in [4.78, 5) is 72.5. The van der Waals surface area contributed by atoms with Gasteiger partial charge >= 0.3 is 47.6 Å². The third kappa shape index (κ3) is 8.83. The molecule has 1 aromatic heterocycles. The Balaban J connectivity index is 0.00000523. The molecule has 5 atom stereocenters. The van der Waals surface area contributed by atoms with E-state index in [1.165, 1.54) is 18.1 Å². The van der Waals surface area contributed by atoms with E-state index in [2.05, 4.69) is 21.7 Å². The summed E-state index contributed by atoms with van der Waals surface area (Å²) in [7, 11) is 1.49. The molecule has 2 aliphatic carbocycles. The first-order valence-electron chi connectivity index (χ1n) is 17.8. The van der Waals surface area contributed by atoms with Gasteiger partial charge in [0.15, 0.2) is 5.69 Å². The molecule has 1 aromatic carbocycles. The number of ether oxygens (including phenoxy) is 4. The van der Waals surface area contributed by atoms with Gasteiger partial charge in [-0.2, -0.15) is 0 Å². The van der Waals surface area contributed by atoms with Gasteiger partial charge in [-0.15, -0.1) is 5.92 Å². The summed E-state index contributed by atoms with van der Waals surface area (Å²) in [5, 5.41) is 16.0. The van der Waals surface area contributed by atoms with Gasteiger partial charge < -0.3 is 45.7 Å². The van der Waals surface area contributed by atoms with Crippen LogP contribution in [0.3, 0.4) is 0 Å². The summed E-state index contributed by atoms with van der Waals surface area (Å²) in [6.45, 7) is 1.78. The largest absolute Gasteiger partial charge is 1.00 e. The molecule has 14 nitrogen and oxygen atoms in total. The van der Waals surface area contributed by atoms with Crippen LogP contribution in [0, 0.1) is 12.0 Å². The number of fused-ring (bicyclic) bond motifs is 3. The smallest absolute Gasteiger partial charge is 0.497 e. The first-order valence-corrected chi connectivity index (χ1v) is 17.8. The van der Waals surface area contributed by atoms with Gasteiger partial charge in [0.2, 0.25) is 11.8 Å². The Labute approximate surface area is 324 Å². The van der Waals surface area contributed by atoms with Crippen LogP contribution in [0.1, 0.15) is 88.0 Å². The van der Waals surface area contributed by atoms with Crippen LogP contribution in [0.5, 0.6) is 11.5 Å². The molecule has 6 rings (SSSR count). The van der Waals surface area contributed by atoms with Crippen LogP contribution in [0.25, 0.3) is 10.9 Å². The van der Waals surface area contributed by atoms with Gasteiger partial charge in [0.25, 0.3) is 0 Å². The Kier molecular flexibility index (Phi) is 13.1. The number of nitrogens with one attached hydrogen (secondary N) is 2. The van der Waals surface area contributed by atoms with Crippen molar-refractivity contribution < 1.29 is 77.6 Å². The first kappa shape index (κ1) is 39.3. The third-order valence-electron chi connectivity index (χ3n) is 10.1. The van der Waals surface area contributed by atoms with Crippen molar-refractivity contribution in [2.45, 2.75) is 107 Å². The van der Waals surface area contributed by atoms with Crippen LogP contribution in [0.2, 0.25) is 0 Å². The third-order valence-corrected chi connectivity index (χ3v) is 10.1. The first-order chi connectivity index (χ1) is 24.6. The second-order valence-electron chi connectivity index (χ2n) is 13.6. The summed E-state index contributed by atoms with van der Waals surface area (Å²) in [6, 6.07) is 4.25. The number of aromatic nitrogens is 1. The van der Waals surface area contributed by atoms with Crippen LogP contribution < -0.4 is 49.7 Å². The molecule has 3 N–H and O–H groups in total. The van der Waals surface area contributed by atoms with E-state index in [0.29, 0.717) is 42.3 Å². The minimum absolute atomic E-state index is 0. The summed E-state index contributed by atoms with van der Waals surface area (Å²) in [5.41, 5.74) is -1.23. The van der Waals surface area contributed by atoms with Crippen LogP contribution >= 0.6 is 0 Å². The van der Waals surface area contributed by atoms with Gasteiger partial charge in [-0.1, -0.05) is 25.7 Å². The molecule has 1 saturated heterocycles. The number of allylic oxidation sites excluding steroid dienone is 1. The summed E-state index contributed by atoms with van der Waals surface area (Å²) in [6.07, 6.45) is 10.6. The molecule has 4 aliphatic rings. The second-order valence-corrected chi connectivity index (χ2v) is 13.6. The number of hydrogen-bond acceptors (Lipinski definition) is 10. The van der Waals surface area contributed by atoms with Crippen LogP contribution in [0.4, 0.5) is 4.79 Å². The molecule has 3 fully saturated rings. The maximum absolute atomic E-state index is 14.4. The zero-order chi connectivity index (χ0) is 36.1. The number of carbonyl (C=O) groups excluding carboxylic acids is 4. The molecule has 0 radical (unpaired) electrons. The summed E-state index contributed by atoms with van der Waals surface area (Å²) < 4.78 is 22.7. The molecule has 3 heterocycles. The molecule has 2 saturated carbocycles. The number of aromatic carboxylic acids is 1. The SMILES string of the molecule is CCOC(=O)[C@@]12C[C@H]1[C-]=CCCCCC[C@H](NC(=O)OC1CCCC1)C(=O)N1C[C@H](Oc3cc(C(=O)O)nc4cc(OC)ccc34)C[C@H]1C(=O)N2.[Na+]. The number of esters is 1. The summed E-state index contributed by atoms with van der Waals surface area (Å²) in [5.74, 6) is -2.56. The maximum Gasteiger partial charge on any atom is 1.00 e. The van der Waals surface area contributed by atoms with Crippen molar-refractivity contribution in [1.29, 1.82) is 0 Å². The molecular weight excluding hydrogens is 683 g/mol. The van der Waals surface area contributed by atoms with E-state index in [1.807, 2.05) is 6.08 Å². The van der Waals surface area contributed by atoms with Crippen molar-refractivity contribution in [3.63, 3.8) is 0 Å². The van der Waals surface area contributed by atoms with Gasteiger partial charge in [-0.25, -0.2) is 19.4 Å². The van der Waals surface area contributed by atoms with E-state index in [0.717, 1.165) is 38.5 Å². The number of nitrogens with zero attached hydrogens (tertiary/aromatic N) is 2. The molecule has 15 heteroatoms. The van der Waals surface area contributed by atoms with E-state index >= 15 is 0 Å². The topological polar surface area (TPSA) is 183 Å². The fourth-order valence-corrected chi connectivity index (χ4v) is 7.30. The molecule has 2 aromatic rings. The number of carboxylic acid groups (broad SMARTS) is 1. The number of amides is 3. The molecule has 0 spiro atoms. The van der Waals surface area contributed by atoms with Gasteiger partial charge in [-0.3, -0.25) is 15.7 Å². The van der Waals surface area contributed by atoms with Crippen LogP contribution in [-0.4, -0.2) is 94.9 Å². The Morgan fingerprint density at radius 1 is 1.08 bits per heavy atom. The molecule has 274 valence electrons. The summed E-state index contributed by atoms with van der Waals surface area (Å²) >= 11 is 0. The molecule has 2 aliphatic heterocycles. The number of carboxylic acids is 1. The Bertz CT molecular complexity index is 1700. The standard InChI is InChI=1S/C37H45N4O10.Na/c1-3-49-35(46)37-20-22(37)11-7-5-4-6-8-14-27(39-36(47)51-23-12-9-10-13-23)33(43)41-21-25(18-30(41)32(42)40-37)50-31-19-29(34(44)45)38-28-17-24(48-2)15-16-26(28)31;/h7,15-17,19,22-23,25,27,30H,3-6,8-10,12-14,18,20-21H2,1-2H3,(H,39,47)(H,40,42)(H,44,45);/q-1;+1/t22-,25-,27+,30+,37-;/m1./s1. The predicted octanol–water partition coefficient (Wildman–Crippen LogP) is 1.09. The van der Waals surface area contributed by atoms with Gasteiger partial charge in [0.05, 0.1) is 25.8 Å². The number of carbonyl (C=O) groups is 5. The average Bonchev–Trinajstić information content (AvgIpc) is 3.38. The normalized spacial score (nSPS) is 26.5. The molecule has 0 unspecified atom stereocenters. The monoisotopic (exact) mass is 728 g/mol. The van der Waals surface area contributed by atoms with Crippen molar-refractivity contribution in [3.8, 4) is 11.5 Å². The molecular formula is C37H45N4NaO10. The van der Waals surface area contributed by atoms with Crippen molar-refractivity contribution in [2.24, 2.45) is 5.92 Å². The predicted molar refractivity (Wildman–Crippen MR) is 182 cm³/mol. The van der Waals surface area contributed by atoms with E-state index in [4.69, 9.17) is 18.9 Å². The Morgan fingerprint density at radius 3 is 2.58 bits per heavy atom. The van der Waals surface area contributed by atoms with Crippen LogP contribution in [0.15, 0.2) is 30.3 Å².